The van der Waals surface area contributed by atoms with Crippen molar-refractivity contribution in [1.29, 1.82) is 0 Å². The molecular formula is C19H18F2N4O3. The van der Waals surface area contributed by atoms with Crippen molar-refractivity contribution in [3.8, 4) is 11.6 Å². The highest BCUT2D eigenvalue weighted by Crippen LogP contribution is 2.55. The third-order valence-corrected chi connectivity index (χ3v) is 4.48. The molecule has 7 nitrogen and oxygen atoms in total. The van der Waals surface area contributed by atoms with E-state index in [1.807, 2.05) is 0 Å². The molecule has 3 aromatic rings. The van der Waals surface area contributed by atoms with Crippen molar-refractivity contribution in [3.05, 3.63) is 47.9 Å². The van der Waals surface area contributed by atoms with E-state index in [9.17, 15) is 13.6 Å². The van der Waals surface area contributed by atoms with Crippen molar-refractivity contribution >= 4 is 17.4 Å². The van der Waals surface area contributed by atoms with Gasteiger partial charge in [-0.15, -0.1) is 0 Å². The van der Waals surface area contributed by atoms with Crippen molar-refractivity contribution in [3.63, 3.8) is 0 Å². The largest absolute Gasteiger partial charge is 0.493 e. The van der Waals surface area contributed by atoms with Gasteiger partial charge in [-0.2, -0.15) is 4.98 Å². The van der Waals surface area contributed by atoms with E-state index in [2.05, 4.69) is 15.3 Å². The van der Waals surface area contributed by atoms with Crippen LogP contribution < -0.4 is 14.8 Å². The van der Waals surface area contributed by atoms with Gasteiger partial charge in [0.25, 0.3) is 11.8 Å². The number of imidazole rings is 1. The Morgan fingerprint density at radius 1 is 1.36 bits per heavy atom. The molecular weight excluding hydrogens is 370 g/mol. The second-order valence-electron chi connectivity index (χ2n) is 6.45. The zero-order valence-corrected chi connectivity index (χ0v) is 15.3. The number of halogens is 2. The summed E-state index contributed by atoms with van der Waals surface area (Å²) < 4.78 is 38.9. The number of anilines is 1. The molecule has 3 heterocycles. The number of methoxy groups -OCH3 is 1. The van der Waals surface area contributed by atoms with Crippen LogP contribution in [0, 0.1) is 0 Å². The second-order valence-corrected chi connectivity index (χ2v) is 6.45. The Labute approximate surface area is 159 Å². The number of nitrogens with one attached hydrogen (secondary N) is 1. The predicted octanol–water partition coefficient (Wildman–Crippen LogP) is 3.51. The van der Waals surface area contributed by atoms with Gasteiger partial charge in [-0.1, -0.05) is 6.07 Å². The molecule has 0 unspecified atom stereocenters. The molecule has 1 N–H and O–H groups in total. The lowest BCUT2D eigenvalue weighted by Crippen LogP contribution is -2.15. The molecule has 1 saturated carbocycles. The number of amides is 1. The van der Waals surface area contributed by atoms with Crippen LogP contribution in [0.1, 0.15) is 35.3 Å². The highest BCUT2D eigenvalue weighted by atomic mass is 19.3. The maximum atomic E-state index is 13.4. The van der Waals surface area contributed by atoms with Crippen LogP contribution in [0.3, 0.4) is 0 Å². The molecule has 1 aliphatic carbocycles. The third-order valence-electron chi connectivity index (χ3n) is 4.48. The first kappa shape index (κ1) is 18.1. The Morgan fingerprint density at radius 2 is 2.14 bits per heavy atom. The molecule has 0 spiro atoms. The molecule has 0 bridgehead atoms. The van der Waals surface area contributed by atoms with Gasteiger partial charge in [0, 0.05) is 30.9 Å². The lowest BCUT2D eigenvalue weighted by molar-refractivity contribution is 0.102. The second kappa shape index (κ2) is 6.74. The normalized spacial score (nSPS) is 17.4. The number of nitrogens with zero attached hydrogens (tertiary/aromatic N) is 3. The van der Waals surface area contributed by atoms with E-state index in [1.54, 1.807) is 35.6 Å². The Balaban J connectivity index is 1.67. The summed E-state index contributed by atoms with van der Waals surface area (Å²) in [5, 5.41) is 2.69. The van der Waals surface area contributed by atoms with Gasteiger partial charge in [0.05, 0.1) is 30.9 Å². The van der Waals surface area contributed by atoms with Gasteiger partial charge in [-0.25, -0.2) is 13.8 Å². The van der Waals surface area contributed by atoms with Gasteiger partial charge in [0.15, 0.2) is 0 Å². The number of carbonyl (C=O) groups excluding carboxylic acids is 1. The van der Waals surface area contributed by atoms with E-state index < -0.39 is 17.7 Å². The smallest absolute Gasteiger partial charge is 0.262 e. The van der Waals surface area contributed by atoms with Crippen molar-refractivity contribution in [2.75, 3.05) is 19.0 Å². The highest BCUT2D eigenvalue weighted by molar-refractivity contribution is 6.05. The van der Waals surface area contributed by atoms with E-state index in [1.165, 1.54) is 19.5 Å². The van der Waals surface area contributed by atoms with Crippen LogP contribution in [0.5, 0.6) is 11.6 Å². The number of ether oxygens (including phenoxy) is 2. The molecule has 1 atom stereocenters. The molecule has 1 fully saturated rings. The standard InChI is InChI=1S/C19H18F2N4O3/c1-3-28-14-7-16-22-13(12-8-19(12,20)21)10-25(16)9-11(14)18(26)24-15-5-4-6-17(23-15)27-2/h4-7,9-10,12H,3,8H2,1-2H3,(H,23,24,26)/t12-/m1/s1. The minimum atomic E-state index is -2.71. The summed E-state index contributed by atoms with van der Waals surface area (Å²) in [4.78, 5) is 21.2. The quantitative estimate of drug-likeness (QED) is 0.699. The van der Waals surface area contributed by atoms with Gasteiger partial charge in [0.1, 0.15) is 17.2 Å². The number of hydrogen-bond donors (Lipinski definition) is 1. The lowest BCUT2D eigenvalue weighted by Gasteiger charge is -2.11. The Hall–Kier alpha value is -3.23. The maximum Gasteiger partial charge on any atom is 0.262 e. The minimum absolute atomic E-state index is 0.204. The predicted molar refractivity (Wildman–Crippen MR) is 97.4 cm³/mol. The van der Waals surface area contributed by atoms with E-state index in [0.717, 1.165) is 0 Å². The first-order valence-corrected chi connectivity index (χ1v) is 8.77. The first-order chi connectivity index (χ1) is 13.4. The Morgan fingerprint density at radius 3 is 2.82 bits per heavy atom. The zero-order valence-electron chi connectivity index (χ0n) is 15.3. The maximum absolute atomic E-state index is 13.4. The number of hydrogen-bond acceptors (Lipinski definition) is 5. The number of carbonyl (C=O) groups is 1. The summed E-state index contributed by atoms with van der Waals surface area (Å²) in [6.07, 6.45) is 2.84. The van der Waals surface area contributed by atoms with E-state index in [-0.39, 0.29) is 12.0 Å². The average Bonchev–Trinajstić information content (AvgIpc) is 3.11. The Kier molecular flexibility index (Phi) is 4.37. The molecule has 0 saturated heterocycles. The molecule has 0 radical (unpaired) electrons. The first-order valence-electron chi connectivity index (χ1n) is 8.77. The molecule has 1 amide bonds. The Bertz CT molecular complexity index is 1050. The van der Waals surface area contributed by atoms with E-state index in [4.69, 9.17) is 9.47 Å². The number of fused-ring (bicyclic) bond motifs is 1. The third kappa shape index (κ3) is 3.35. The van der Waals surface area contributed by atoms with Crippen LogP contribution in [0.2, 0.25) is 0 Å². The summed E-state index contributed by atoms with van der Waals surface area (Å²) in [5.41, 5.74) is 0.988. The minimum Gasteiger partial charge on any atom is -0.493 e. The zero-order chi connectivity index (χ0) is 19.9. The fourth-order valence-corrected chi connectivity index (χ4v) is 2.96. The van der Waals surface area contributed by atoms with Crippen LogP contribution in [-0.2, 0) is 0 Å². The van der Waals surface area contributed by atoms with Crippen LogP contribution in [-0.4, -0.2) is 39.9 Å². The van der Waals surface area contributed by atoms with Crippen LogP contribution in [0.25, 0.3) is 5.65 Å². The topological polar surface area (TPSA) is 77.8 Å². The molecule has 1 aliphatic rings. The summed E-state index contributed by atoms with van der Waals surface area (Å²) in [7, 11) is 1.48. The van der Waals surface area contributed by atoms with Gasteiger partial charge < -0.3 is 19.2 Å². The molecule has 4 rings (SSSR count). The number of pyridine rings is 2. The fourth-order valence-electron chi connectivity index (χ4n) is 2.96. The summed E-state index contributed by atoms with van der Waals surface area (Å²) in [6, 6.07) is 6.56. The molecule has 0 aliphatic heterocycles. The number of rotatable bonds is 6. The summed E-state index contributed by atoms with van der Waals surface area (Å²) in [6.45, 7) is 2.12. The van der Waals surface area contributed by atoms with Gasteiger partial charge in [-0.3, -0.25) is 4.79 Å². The van der Waals surface area contributed by atoms with Gasteiger partial charge >= 0.3 is 0 Å². The number of alkyl halides is 2. The summed E-state index contributed by atoms with van der Waals surface area (Å²) in [5.74, 6) is -3.04. The fraction of sp³-hybridized carbons (Fsp3) is 0.316. The van der Waals surface area contributed by atoms with Crippen LogP contribution in [0.4, 0.5) is 14.6 Å². The van der Waals surface area contributed by atoms with E-state index in [0.29, 0.717) is 35.4 Å². The van der Waals surface area contributed by atoms with E-state index >= 15 is 0 Å². The number of aromatic nitrogens is 3. The van der Waals surface area contributed by atoms with Crippen molar-refractivity contribution in [2.45, 2.75) is 25.2 Å². The van der Waals surface area contributed by atoms with Crippen LogP contribution in [0.15, 0.2) is 36.7 Å². The van der Waals surface area contributed by atoms with Crippen LogP contribution >= 0.6 is 0 Å². The van der Waals surface area contributed by atoms with Crippen molar-refractivity contribution in [1.82, 2.24) is 14.4 Å². The van der Waals surface area contributed by atoms with Crippen molar-refractivity contribution in [2.24, 2.45) is 0 Å². The average molecular weight is 388 g/mol. The van der Waals surface area contributed by atoms with Gasteiger partial charge in [-0.05, 0) is 13.0 Å². The SMILES string of the molecule is CCOc1cc2nc([C@H]3CC3(F)F)cn2cc1C(=O)Nc1cccc(OC)n1. The molecule has 146 valence electrons. The molecule has 9 heteroatoms. The van der Waals surface area contributed by atoms with Crippen molar-refractivity contribution < 1.29 is 23.0 Å². The molecule has 28 heavy (non-hydrogen) atoms. The molecule has 0 aromatic carbocycles. The lowest BCUT2D eigenvalue weighted by atomic mass is 10.2. The monoisotopic (exact) mass is 388 g/mol. The molecule has 3 aromatic heterocycles. The van der Waals surface area contributed by atoms with Gasteiger partial charge in [0.2, 0.25) is 5.88 Å². The summed E-state index contributed by atoms with van der Waals surface area (Å²) >= 11 is 0. The highest BCUT2D eigenvalue weighted by Gasteiger charge is 2.58.